The number of nitrogens with two attached hydrogens (primary N) is 1. The summed E-state index contributed by atoms with van der Waals surface area (Å²) in [5.74, 6) is 0.716. The van der Waals surface area contributed by atoms with Gasteiger partial charge in [0.25, 0.3) is 0 Å². The Morgan fingerprint density at radius 1 is 1.15 bits per heavy atom. The lowest BCUT2D eigenvalue weighted by Crippen LogP contribution is -2.02. The van der Waals surface area contributed by atoms with Gasteiger partial charge in [-0.05, 0) is 29.8 Å². The first-order valence-corrected chi connectivity index (χ1v) is 6.45. The maximum absolute atomic E-state index is 13.7. The van der Waals surface area contributed by atoms with E-state index in [0.717, 1.165) is 5.56 Å². The van der Waals surface area contributed by atoms with E-state index < -0.39 is 5.82 Å². The van der Waals surface area contributed by atoms with E-state index in [9.17, 15) is 4.39 Å². The summed E-state index contributed by atoms with van der Waals surface area (Å²) in [6, 6.07) is 9.89. The lowest BCUT2D eigenvalue weighted by Gasteiger charge is -2.12. The molecule has 0 aliphatic carbocycles. The van der Waals surface area contributed by atoms with Crippen LogP contribution in [-0.4, -0.2) is 7.11 Å². The summed E-state index contributed by atoms with van der Waals surface area (Å²) in [6.07, 6.45) is 0. The number of rotatable bonds is 5. The fourth-order valence-corrected chi connectivity index (χ4v) is 1.91. The van der Waals surface area contributed by atoms with E-state index in [4.69, 9.17) is 26.8 Å². The van der Waals surface area contributed by atoms with Gasteiger partial charge in [0.2, 0.25) is 0 Å². The summed E-state index contributed by atoms with van der Waals surface area (Å²) < 4.78 is 24.5. The summed E-state index contributed by atoms with van der Waals surface area (Å²) in [5, 5.41) is 0.356. The average Bonchev–Trinajstić information content (AvgIpc) is 2.46. The third-order valence-electron chi connectivity index (χ3n) is 2.86. The van der Waals surface area contributed by atoms with Crippen LogP contribution in [0.25, 0.3) is 0 Å². The monoisotopic (exact) mass is 295 g/mol. The normalized spacial score (nSPS) is 10.4. The SMILES string of the molecule is COc1ccc(CN)cc1OCc1ccc(Cl)cc1F. The first-order chi connectivity index (χ1) is 9.63. The van der Waals surface area contributed by atoms with Crippen LogP contribution < -0.4 is 15.2 Å². The van der Waals surface area contributed by atoms with Gasteiger partial charge in [-0.3, -0.25) is 0 Å². The lowest BCUT2D eigenvalue weighted by atomic mass is 10.2. The zero-order chi connectivity index (χ0) is 14.5. The largest absolute Gasteiger partial charge is 0.493 e. The number of benzene rings is 2. The quantitative estimate of drug-likeness (QED) is 0.918. The van der Waals surface area contributed by atoms with Gasteiger partial charge >= 0.3 is 0 Å². The Labute approximate surface area is 122 Å². The van der Waals surface area contributed by atoms with Crippen molar-refractivity contribution in [2.24, 2.45) is 5.73 Å². The number of methoxy groups -OCH3 is 1. The zero-order valence-corrected chi connectivity index (χ0v) is 11.8. The highest BCUT2D eigenvalue weighted by molar-refractivity contribution is 6.30. The van der Waals surface area contributed by atoms with E-state index >= 15 is 0 Å². The highest BCUT2D eigenvalue weighted by atomic mass is 35.5. The van der Waals surface area contributed by atoms with Crippen LogP contribution in [0.1, 0.15) is 11.1 Å². The second-order valence-corrected chi connectivity index (χ2v) is 4.65. The van der Waals surface area contributed by atoms with Gasteiger partial charge < -0.3 is 15.2 Å². The van der Waals surface area contributed by atoms with Crippen LogP contribution in [0, 0.1) is 5.82 Å². The molecule has 0 bridgehead atoms. The summed E-state index contributed by atoms with van der Waals surface area (Å²) in [7, 11) is 1.55. The molecule has 0 fully saturated rings. The molecule has 0 aliphatic heterocycles. The molecule has 0 saturated carbocycles. The molecular weight excluding hydrogens is 281 g/mol. The minimum absolute atomic E-state index is 0.0907. The summed E-state index contributed by atoms with van der Waals surface area (Å²) in [4.78, 5) is 0. The maximum Gasteiger partial charge on any atom is 0.161 e. The van der Waals surface area contributed by atoms with Crippen molar-refractivity contribution in [3.05, 3.63) is 58.4 Å². The molecule has 0 unspecified atom stereocenters. The first-order valence-electron chi connectivity index (χ1n) is 6.07. The predicted octanol–water partition coefficient (Wildman–Crippen LogP) is 3.53. The molecule has 0 amide bonds. The molecule has 3 nitrogen and oxygen atoms in total. The van der Waals surface area contributed by atoms with E-state index in [2.05, 4.69) is 0 Å². The highest BCUT2D eigenvalue weighted by Gasteiger charge is 2.08. The zero-order valence-electron chi connectivity index (χ0n) is 11.0. The van der Waals surface area contributed by atoms with Crippen molar-refractivity contribution in [3.63, 3.8) is 0 Å². The third kappa shape index (κ3) is 3.40. The molecule has 0 aromatic heterocycles. The van der Waals surface area contributed by atoms with Gasteiger partial charge in [-0.2, -0.15) is 0 Å². The van der Waals surface area contributed by atoms with E-state index in [1.165, 1.54) is 6.07 Å². The molecule has 2 aromatic carbocycles. The van der Waals surface area contributed by atoms with Gasteiger partial charge in [0.05, 0.1) is 7.11 Å². The molecule has 0 radical (unpaired) electrons. The minimum atomic E-state index is -0.397. The molecule has 2 N–H and O–H groups in total. The van der Waals surface area contributed by atoms with Gasteiger partial charge in [0, 0.05) is 17.1 Å². The number of halogens is 2. The predicted molar refractivity (Wildman–Crippen MR) is 76.6 cm³/mol. The van der Waals surface area contributed by atoms with E-state index in [1.54, 1.807) is 31.4 Å². The molecule has 0 spiro atoms. The Kier molecular flexibility index (Phi) is 4.82. The molecule has 5 heteroatoms. The Morgan fingerprint density at radius 2 is 1.95 bits per heavy atom. The third-order valence-corrected chi connectivity index (χ3v) is 3.10. The highest BCUT2D eigenvalue weighted by Crippen LogP contribution is 2.29. The van der Waals surface area contributed by atoms with Gasteiger partial charge in [0.1, 0.15) is 12.4 Å². The second kappa shape index (κ2) is 6.59. The fraction of sp³-hybridized carbons (Fsp3) is 0.200. The van der Waals surface area contributed by atoms with Gasteiger partial charge in [-0.1, -0.05) is 23.7 Å². The van der Waals surface area contributed by atoms with Crippen LogP contribution in [0.4, 0.5) is 4.39 Å². The van der Waals surface area contributed by atoms with Crippen molar-refractivity contribution >= 4 is 11.6 Å². The van der Waals surface area contributed by atoms with E-state index in [-0.39, 0.29) is 6.61 Å². The molecule has 0 aliphatic rings. The van der Waals surface area contributed by atoms with Crippen LogP contribution in [0.15, 0.2) is 36.4 Å². The van der Waals surface area contributed by atoms with Crippen molar-refractivity contribution < 1.29 is 13.9 Å². The Balaban J connectivity index is 2.17. The fourth-order valence-electron chi connectivity index (χ4n) is 1.76. The molecule has 0 atom stereocenters. The molecular formula is C15H15ClFNO2. The smallest absolute Gasteiger partial charge is 0.161 e. The van der Waals surface area contributed by atoms with E-state index in [1.807, 2.05) is 6.07 Å². The minimum Gasteiger partial charge on any atom is -0.493 e. The Bertz CT molecular complexity index is 604. The summed E-state index contributed by atoms with van der Waals surface area (Å²) in [6.45, 7) is 0.489. The van der Waals surface area contributed by atoms with Crippen molar-refractivity contribution in [2.45, 2.75) is 13.2 Å². The van der Waals surface area contributed by atoms with Gasteiger partial charge in [-0.25, -0.2) is 4.39 Å². The average molecular weight is 296 g/mol. The van der Waals surface area contributed by atoms with Crippen LogP contribution in [0.3, 0.4) is 0 Å². The summed E-state index contributed by atoms with van der Waals surface area (Å²) >= 11 is 5.71. The first kappa shape index (κ1) is 14.6. The molecule has 0 heterocycles. The Morgan fingerprint density at radius 3 is 2.60 bits per heavy atom. The topological polar surface area (TPSA) is 44.5 Å². The molecule has 2 aromatic rings. The number of hydrogen-bond acceptors (Lipinski definition) is 3. The molecule has 0 saturated heterocycles. The summed E-state index contributed by atoms with van der Waals surface area (Å²) in [5.41, 5.74) is 6.93. The van der Waals surface area contributed by atoms with Crippen molar-refractivity contribution in [1.29, 1.82) is 0 Å². The second-order valence-electron chi connectivity index (χ2n) is 4.21. The molecule has 106 valence electrons. The van der Waals surface area contributed by atoms with Crippen molar-refractivity contribution in [3.8, 4) is 11.5 Å². The lowest BCUT2D eigenvalue weighted by molar-refractivity contribution is 0.279. The maximum atomic E-state index is 13.7. The standard InChI is InChI=1S/C15H15ClFNO2/c1-19-14-5-2-10(8-18)6-15(14)20-9-11-3-4-12(16)7-13(11)17/h2-7H,8-9,18H2,1H3. The molecule has 2 rings (SSSR count). The van der Waals surface area contributed by atoms with E-state index in [0.29, 0.717) is 28.6 Å². The van der Waals surface area contributed by atoms with Gasteiger partial charge in [0.15, 0.2) is 11.5 Å². The van der Waals surface area contributed by atoms with Crippen LogP contribution >= 0.6 is 11.6 Å². The van der Waals surface area contributed by atoms with Crippen LogP contribution in [0.2, 0.25) is 5.02 Å². The van der Waals surface area contributed by atoms with Crippen molar-refractivity contribution in [2.75, 3.05) is 7.11 Å². The van der Waals surface area contributed by atoms with Crippen LogP contribution in [-0.2, 0) is 13.2 Å². The number of hydrogen-bond donors (Lipinski definition) is 1. The number of ether oxygens (including phenoxy) is 2. The molecule has 20 heavy (non-hydrogen) atoms. The van der Waals surface area contributed by atoms with Gasteiger partial charge in [-0.15, -0.1) is 0 Å². The Hall–Kier alpha value is -1.78. The van der Waals surface area contributed by atoms with Crippen molar-refractivity contribution in [1.82, 2.24) is 0 Å². The van der Waals surface area contributed by atoms with Crippen LogP contribution in [0.5, 0.6) is 11.5 Å².